The van der Waals surface area contributed by atoms with Crippen LogP contribution in [0.25, 0.3) is 10.2 Å². The molecule has 1 aliphatic rings. The zero-order valence-corrected chi connectivity index (χ0v) is 16.1. The summed E-state index contributed by atoms with van der Waals surface area (Å²) in [6.45, 7) is 5.95. The van der Waals surface area contributed by atoms with Gasteiger partial charge in [-0.05, 0) is 51.9 Å². The Morgan fingerprint density at radius 2 is 1.96 bits per heavy atom. The van der Waals surface area contributed by atoms with Crippen molar-refractivity contribution in [2.45, 2.75) is 38.6 Å². The minimum absolute atomic E-state index is 0.0409. The van der Waals surface area contributed by atoms with Gasteiger partial charge in [0.05, 0.1) is 28.3 Å². The van der Waals surface area contributed by atoms with Crippen molar-refractivity contribution in [3.63, 3.8) is 0 Å². The van der Waals surface area contributed by atoms with Crippen LogP contribution in [0.3, 0.4) is 0 Å². The van der Waals surface area contributed by atoms with E-state index in [1.807, 2.05) is 26.0 Å². The molecule has 26 heavy (non-hydrogen) atoms. The number of para-hydroxylation sites is 1. The summed E-state index contributed by atoms with van der Waals surface area (Å²) in [4.78, 5) is 30.5. The fraction of sp³-hybridized carbons (Fsp3) is 0.526. The maximum Gasteiger partial charge on any atom is 0.239 e. The summed E-state index contributed by atoms with van der Waals surface area (Å²) in [5.74, 6) is 0.230. The molecule has 1 aromatic heterocycles. The predicted molar refractivity (Wildman–Crippen MR) is 104 cm³/mol. The molecule has 3 rings (SSSR count). The maximum absolute atomic E-state index is 12.0. The number of amides is 2. The quantitative estimate of drug-likeness (QED) is 0.812. The lowest BCUT2D eigenvalue weighted by Crippen LogP contribution is -2.45. The van der Waals surface area contributed by atoms with Crippen LogP contribution in [0.1, 0.15) is 37.6 Å². The average molecular weight is 375 g/mol. The standard InChI is InChI=1S/C19H26N4O2S/c1-13(2)21-17(24)11-20-18(25)12-23-9-7-14(8-10-23)19-22-15-5-3-4-6-16(15)26-19/h3-6,13-14H,7-12H2,1-2H3,(H,20,25)(H,21,24). The van der Waals surface area contributed by atoms with E-state index in [-0.39, 0.29) is 24.4 Å². The summed E-state index contributed by atoms with van der Waals surface area (Å²) in [5.41, 5.74) is 1.08. The second-order valence-corrected chi connectivity index (χ2v) is 8.13. The van der Waals surface area contributed by atoms with Crippen molar-refractivity contribution in [3.8, 4) is 0 Å². The lowest BCUT2D eigenvalue weighted by Gasteiger charge is -2.30. The fourth-order valence-electron chi connectivity index (χ4n) is 3.21. The van der Waals surface area contributed by atoms with Crippen molar-refractivity contribution in [1.29, 1.82) is 0 Å². The third kappa shape index (κ3) is 5.02. The molecular formula is C19H26N4O2S. The van der Waals surface area contributed by atoms with Gasteiger partial charge < -0.3 is 10.6 Å². The molecule has 1 aliphatic heterocycles. The zero-order chi connectivity index (χ0) is 18.5. The first-order chi connectivity index (χ1) is 12.5. The molecular weight excluding hydrogens is 348 g/mol. The van der Waals surface area contributed by atoms with Crippen LogP contribution in [0.15, 0.2) is 24.3 Å². The van der Waals surface area contributed by atoms with Crippen LogP contribution in [0.5, 0.6) is 0 Å². The Morgan fingerprint density at radius 3 is 2.65 bits per heavy atom. The van der Waals surface area contributed by atoms with Gasteiger partial charge in [-0.25, -0.2) is 4.98 Å². The highest BCUT2D eigenvalue weighted by Gasteiger charge is 2.24. The maximum atomic E-state index is 12.0. The van der Waals surface area contributed by atoms with Gasteiger partial charge in [-0.15, -0.1) is 11.3 Å². The molecule has 2 amide bonds. The molecule has 1 saturated heterocycles. The molecule has 2 aromatic rings. The van der Waals surface area contributed by atoms with Gasteiger partial charge in [0, 0.05) is 12.0 Å². The Labute approximate surface area is 158 Å². The summed E-state index contributed by atoms with van der Waals surface area (Å²) in [7, 11) is 0. The van der Waals surface area contributed by atoms with Gasteiger partial charge in [0.2, 0.25) is 11.8 Å². The number of aromatic nitrogens is 1. The molecule has 0 spiro atoms. The number of likely N-dealkylation sites (tertiary alicyclic amines) is 1. The number of carbonyl (C=O) groups is 2. The number of carbonyl (C=O) groups excluding carboxylic acids is 2. The number of thiazole rings is 1. The first kappa shape index (κ1) is 18.8. The Kier molecular flexibility index (Phi) is 6.21. The van der Waals surface area contributed by atoms with Gasteiger partial charge in [0.25, 0.3) is 0 Å². The van der Waals surface area contributed by atoms with E-state index in [9.17, 15) is 9.59 Å². The normalized spacial score (nSPS) is 16.1. The largest absolute Gasteiger partial charge is 0.352 e. The van der Waals surface area contributed by atoms with Crippen LogP contribution < -0.4 is 10.6 Å². The molecule has 0 bridgehead atoms. The smallest absolute Gasteiger partial charge is 0.239 e. The van der Waals surface area contributed by atoms with Gasteiger partial charge in [0.1, 0.15) is 0 Å². The molecule has 7 heteroatoms. The second kappa shape index (κ2) is 8.60. The minimum atomic E-state index is -0.150. The first-order valence-corrected chi connectivity index (χ1v) is 9.97. The summed E-state index contributed by atoms with van der Waals surface area (Å²) in [5, 5.41) is 6.67. The van der Waals surface area contributed by atoms with Crippen molar-refractivity contribution in [2.75, 3.05) is 26.2 Å². The number of benzene rings is 1. The summed E-state index contributed by atoms with van der Waals surface area (Å²) >= 11 is 1.78. The molecule has 0 radical (unpaired) electrons. The van der Waals surface area contributed by atoms with E-state index in [4.69, 9.17) is 4.98 Å². The van der Waals surface area contributed by atoms with Crippen LogP contribution in [-0.2, 0) is 9.59 Å². The van der Waals surface area contributed by atoms with Crippen LogP contribution in [0.4, 0.5) is 0 Å². The molecule has 6 nitrogen and oxygen atoms in total. The summed E-state index contributed by atoms with van der Waals surface area (Å²) < 4.78 is 1.24. The zero-order valence-electron chi connectivity index (χ0n) is 15.3. The summed E-state index contributed by atoms with van der Waals surface area (Å²) in [6.07, 6.45) is 2.03. The highest BCUT2D eigenvalue weighted by atomic mass is 32.1. The highest BCUT2D eigenvalue weighted by Crippen LogP contribution is 2.33. The van der Waals surface area contributed by atoms with Crippen molar-refractivity contribution in [3.05, 3.63) is 29.3 Å². The molecule has 140 valence electrons. The Balaban J connectivity index is 1.43. The van der Waals surface area contributed by atoms with Crippen molar-refractivity contribution < 1.29 is 9.59 Å². The van der Waals surface area contributed by atoms with E-state index in [0.717, 1.165) is 31.4 Å². The third-order valence-corrected chi connectivity index (χ3v) is 5.71. The molecule has 1 aromatic carbocycles. The van der Waals surface area contributed by atoms with E-state index >= 15 is 0 Å². The Hall–Kier alpha value is -1.99. The topological polar surface area (TPSA) is 74.3 Å². The number of nitrogens with one attached hydrogen (secondary N) is 2. The molecule has 0 atom stereocenters. The van der Waals surface area contributed by atoms with Crippen LogP contribution in [0.2, 0.25) is 0 Å². The van der Waals surface area contributed by atoms with E-state index in [1.165, 1.54) is 9.71 Å². The number of rotatable bonds is 6. The lowest BCUT2D eigenvalue weighted by atomic mass is 9.97. The van der Waals surface area contributed by atoms with E-state index in [2.05, 4.69) is 27.7 Å². The first-order valence-electron chi connectivity index (χ1n) is 9.15. The van der Waals surface area contributed by atoms with Gasteiger partial charge in [0.15, 0.2) is 0 Å². The SMILES string of the molecule is CC(C)NC(=O)CNC(=O)CN1CCC(c2nc3ccccc3s2)CC1. The number of nitrogens with zero attached hydrogens (tertiary/aromatic N) is 2. The molecule has 0 aliphatic carbocycles. The van der Waals surface area contributed by atoms with E-state index in [1.54, 1.807) is 11.3 Å². The average Bonchev–Trinajstić information content (AvgIpc) is 3.04. The monoisotopic (exact) mass is 374 g/mol. The third-order valence-electron chi connectivity index (χ3n) is 4.51. The number of fused-ring (bicyclic) bond motifs is 1. The van der Waals surface area contributed by atoms with Gasteiger partial charge in [-0.2, -0.15) is 0 Å². The Morgan fingerprint density at radius 1 is 1.23 bits per heavy atom. The van der Waals surface area contributed by atoms with Crippen LogP contribution in [-0.4, -0.2) is 53.9 Å². The van der Waals surface area contributed by atoms with E-state index < -0.39 is 0 Å². The number of hydrogen-bond donors (Lipinski definition) is 2. The van der Waals surface area contributed by atoms with Gasteiger partial charge >= 0.3 is 0 Å². The van der Waals surface area contributed by atoms with Crippen molar-refractivity contribution in [1.82, 2.24) is 20.5 Å². The van der Waals surface area contributed by atoms with Crippen LogP contribution in [0, 0.1) is 0 Å². The van der Waals surface area contributed by atoms with Crippen molar-refractivity contribution in [2.24, 2.45) is 0 Å². The van der Waals surface area contributed by atoms with Gasteiger partial charge in [-0.1, -0.05) is 12.1 Å². The van der Waals surface area contributed by atoms with E-state index in [0.29, 0.717) is 12.5 Å². The molecule has 2 N–H and O–H groups in total. The lowest BCUT2D eigenvalue weighted by molar-refractivity contribution is -0.127. The molecule has 0 saturated carbocycles. The second-order valence-electron chi connectivity index (χ2n) is 7.07. The highest BCUT2D eigenvalue weighted by molar-refractivity contribution is 7.18. The Bertz CT molecular complexity index is 733. The number of piperidine rings is 1. The number of hydrogen-bond acceptors (Lipinski definition) is 5. The summed E-state index contributed by atoms with van der Waals surface area (Å²) in [6, 6.07) is 8.33. The fourth-order valence-corrected chi connectivity index (χ4v) is 4.35. The predicted octanol–water partition coefficient (Wildman–Crippen LogP) is 2.12. The molecule has 2 heterocycles. The van der Waals surface area contributed by atoms with Crippen LogP contribution >= 0.6 is 11.3 Å². The van der Waals surface area contributed by atoms with Gasteiger partial charge in [-0.3, -0.25) is 14.5 Å². The van der Waals surface area contributed by atoms with Crippen molar-refractivity contribution >= 4 is 33.4 Å². The minimum Gasteiger partial charge on any atom is -0.352 e. The molecule has 0 unspecified atom stereocenters. The molecule has 1 fully saturated rings.